The lowest BCUT2D eigenvalue weighted by Crippen LogP contribution is -2.26. The van der Waals surface area contributed by atoms with Gasteiger partial charge in [-0.05, 0) is 0 Å². The maximum Gasteiger partial charge on any atom is 0.203 e. The maximum absolute atomic E-state index is 10.8. The largest absolute Gasteiger partial charge is 0.411 e. The van der Waals surface area contributed by atoms with E-state index in [9.17, 15) is 9.59 Å². The van der Waals surface area contributed by atoms with Crippen LogP contribution >= 0.6 is 0 Å². The van der Waals surface area contributed by atoms with Crippen LogP contribution in [-0.4, -0.2) is 34.4 Å². The molecule has 0 aromatic heterocycles. The van der Waals surface area contributed by atoms with Crippen LogP contribution in [-0.2, 0) is 9.59 Å². The molecule has 0 bridgehead atoms. The van der Waals surface area contributed by atoms with Crippen LogP contribution in [0.5, 0.6) is 0 Å². The third-order valence-corrected chi connectivity index (χ3v) is 1.20. The van der Waals surface area contributed by atoms with E-state index in [1.54, 1.807) is 20.8 Å². The van der Waals surface area contributed by atoms with E-state index in [4.69, 9.17) is 10.4 Å². The lowest BCUT2D eigenvalue weighted by Gasteiger charge is -2.12. The summed E-state index contributed by atoms with van der Waals surface area (Å²) in [5, 5.41) is 20.1. The number of hydrogen-bond donors (Lipinski definition) is 2. The lowest BCUT2D eigenvalue weighted by molar-refractivity contribution is -0.140. The summed E-state index contributed by atoms with van der Waals surface area (Å²) in [4.78, 5) is 21.3. The number of nitrogens with zero attached hydrogens (tertiary/aromatic N) is 2. The highest BCUT2D eigenvalue weighted by Gasteiger charge is 2.24. The normalized spacial score (nSPS) is 11.2. The molecule has 0 amide bonds. The van der Waals surface area contributed by atoms with Gasteiger partial charge in [0.05, 0.1) is 12.4 Å². The van der Waals surface area contributed by atoms with Crippen molar-refractivity contribution in [2.75, 3.05) is 0 Å². The highest BCUT2D eigenvalue weighted by atomic mass is 16.4. The fourth-order valence-electron chi connectivity index (χ4n) is 0.588. The van der Waals surface area contributed by atoms with Gasteiger partial charge in [-0.15, -0.1) is 0 Å². The molecule has 6 nitrogen and oxygen atoms in total. The molecule has 0 saturated carbocycles. The zero-order valence-corrected chi connectivity index (χ0v) is 9.26. The van der Waals surface area contributed by atoms with Gasteiger partial charge in [-0.25, -0.2) is 0 Å². The summed E-state index contributed by atoms with van der Waals surface area (Å²) >= 11 is 0. The number of carbonyl (C=O) groups is 2. The molecular weight excluding hydrogens is 200 g/mol. The Bertz CT molecular complexity index is 254. The van der Waals surface area contributed by atoms with Crippen molar-refractivity contribution in [3.8, 4) is 0 Å². The molecule has 0 heterocycles. The molecular formula is C9H16N2O4. The Hall–Kier alpha value is -1.72. The van der Waals surface area contributed by atoms with E-state index < -0.39 is 5.41 Å². The molecule has 2 N–H and O–H groups in total. The first-order chi connectivity index (χ1) is 6.77. The van der Waals surface area contributed by atoms with E-state index >= 15 is 0 Å². The van der Waals surface area contributed by atoms with Gasteiger partial charge in [0.1, 0.15) is 0 Å². The van der Waals surface area contributed by atoms with Gasteiger partial charge in [-0.3, -0.25) is 9.59 Å². The van der Waals surface area contributed by atoms with Crippen molar-refractivity contribution in [2.24, 2.45) is 15.7 Å². The smallest absolute Gasteiger partial charge is 0.203 e. The molecule has 0 radical (unpaired) electrons. The molecule has 0 aliphatic carbocycles. The van der Waals surface area contributed by atoms with Gasteiger partial charge >= 0.3 is 0 Å². The van der Waals surface area contributed by atoms with Gasteiger partial charge < -0.3 is 10.4 Å². The number of oxime groups is 2. The van der Waals surface area contributed by atoms with E-state index in [1.807, 2.05) is 0 Å². The first kappa shape index (κ1) is 15.7. The number of carbonyl (C=O) groups excluding carboxylic acids is 2. The number of Topliss-reactive ketones (excluding diaryl/α,β-unsaturated/α-hetero) is 2. The Morgan fingerprint density at radius 1 is 1.07 bits per heavy atom. The molecule has 0 aromatic carbocycles. The average Bonchev–Trinajstić information content (AvgIpc) is 2.13. The predicted octanol–water partition coefficient (Wildman–Crippen LogP) is 1.10. The predicted molar refractivity (Wildman–Crippen MR) is 55.7 cm³/mol. The third-order valence-electron chi connectivity index (χ3n) is 1.20. The highest BCUT2D eigenvalue weighted by Crippen LogP contribution is 2.14. The van der Waals surface area contributed by atoms with Gasteiger partial charge in [0, 0.05) is 12.3 Å². The molecule has 0 rings (SSSR count). The molecule has 0 saturated heterocycles. The number of rotatable bonds is 2. The van der Waals surface area contributed by atoms with Crippen LogP contribution in [0.1, 0.15) is 27.7 Å². The maximum atomic E-state index is 10.8. The lowest BCUT2D eigenvalue weighted by atomic mass is 9.89. The number of ketones is 2. The summed E-state index contributed by atoms with van der Waals surface area (Å²) in [6.07, 6.45) is 1.89. The van der Waals surface area contributed by atoms with Crippen LogP contribution in [0.3, 0.4) is 0 Å². The molecule has 86 valence electrons. The van der Waals surface area contributed by atoms with E-state index in [-0.39, 0.29) is 11.6 Å². The standard InChI is InChI=1S/C7H12O2.C2H4N2O2/c1-5(8)6(9)7(2,3)4;5-3-1-2-4-6/h1-4H3;1-2,5-6H. The monoisotopic (exact) mass is 216 g/mol. The molecule has 0 atom stereocenters. The average molecular weight is 216 g/mol. The number of hydrogen-bond acceptors (Lipinski definition) is 6. The zero-order chi connectivity index (χ0) is 12.5. The molecule has 0 spiro atoms. The molecule has 0 aliphatic rings. The summed E-state index contributed by atoms with van der Waals surface area (Å²) < 4.78 is 0. The molecule has 0 aliphatic heterocycles. The van der Waals surface area contributed by atoms with Gasteiger partial charge in [0.2, 0.25) is 5.78 Å². The second-order valence-corrected chi connectivity index (χ2v) is 3.66. The van der Waals surface area contributed by atoms with Crippen molar-refractivity contribution >= 4 is 24.0 Å². The molecule has 0 unspecified atom stereocenters. The second-order valence-electron chi connectivity index (χ2n) is 3.66. The fraction of sp³-hybridized carbons (Fsp3) is 0.556. The van der Waals surface area contributed by atoms with Gasteiger partial charge in [0.15, 0.2) is 5.78 Å². The van der Waals surface area contributed by atoms with Crippen molar-refractivity contribution in [1.82, 2.24) is 0 Å². The molecule has 0 fully saturated rings. The second kappa shape index (κ2) is 7.66. The molecule has 15 heavy (non-hydrogen) atoms. The van der Waals surface area contributed by atoms with Gasteiger partial charge in [-0.2, -0.15) is 0 Å². The van der Waals surface area contributed by atoms with Crippen LogP contribution in [0.15, 0.2) is 10.3 Å². The van der Waals surface area contributed by atoms with E-state index in [0.29, 0.717) is 0 Å². The summed E-state index contributed by atoms with van der Waals surface area (Å²) in [5.41, 5.74) is -0.508. The molecule has 0 aromatic rings. The first-order valence-corrected chi connectivity index (χ1v) is 4.16. The molecule has 6 heteroatoms. The summed E-state index contributed by atoms with van der Waals surface area (Å²) in [7, 11) is 0. The Labute approximate surface area is 88.3 Å². The van der Waals surface area contributed by atoms with Crippen LogP contribution in [0.4, 0.5) is 0 Å². The van der Waals surface area contributed by atoms with Gasteiger partial charge in [0.25, 0.3) is 0 Å². The van der Waals surface area contributed by atoms with Crippen LogP contribution in [0.25, 0.3) is 0 Å². The Kier molecular flexibility index (Phi) is 8.04. The highest BCUT2D eigenvalue weighted by molar-refractivity contribution is 6.37. The first-order valence-electron chi connectivity index (χ1n) is 4.16. The SMILES string of the molecule is CC(=O)C(=O)C(C)(C)C.ON=CC=NO. The van der Waals surface area contributed by atoms with Crippen molar-refractivity contribution in [1.29, 1.82) is 0 Å². The Morgan fingerprint density at radius 3 is 1.47 bits per heavy atom. The Morgan fingerprint density at radius 2 is 1.40 bits per heavy atom. The summed E-state index contributed by atoms with van der Waals surface area (Å²) in [6.45, 7) is 6.50. The van der Waals surface area contributed by atoms with Crippen LogP contribution in [0.2, 0.25) is 0 Å². The minimum atomic E-state index is -0.508. The van der Waals surface area contributed by atoms with E-state index in [2.05, 4.69) is 10.3 Å². The van der Waals surface area contributed by atoms with Crippen molar-refractivity contribution in [2.45, 2.75) is 27.7 Å². The summed E-state index contributed by atoms with van der Waals surface area (Å²) in [6, 6.07) is 0. The fourth-order valence-corrected chi connectivity index (χ4v) is 0.588. The third kappa shape index (κ3) is 10.2. The quantitative estimate of drug-likeness (QED) is 0.312. The van der Waals surface area contributed by atoms with Crippen molar-refractivity contribution in [3.05, 3.63) is 0 Å². The van der Waals surface area contributed by atoms with Crippen LogP contribution < -0.4 is 0 Å². The topological polar surface area (TPSA) is 99.3 Å². The zero-order valence-electron chi connectivity index (χ0n) is 9.26. The van der Waals surface area contributed by atoms with Gasteiger partial charge in [-0.1, -0.05) is 31.1 Å². The Balaban J connectivity index is 0. The van der Waals surface area contributed by atoms with E-state index in [1.165, 1.54) is 6.92 Å². The minimum Gasteiger partial charge on any atom is -0.411 e. The van der Waals surface area contributed by atoms with Crippen molar-refractivity contribution in [3.63, 3.8) is 0 Å². The van der Waals surface area contributed by atoms with E-state index in [0.717, 1.165) is 12.4 Å². The minimum absolute atomic E-state index is 0.303. The van der Waals surface area contributed by atoms with Crippen molar-refractivity contribution < 1.29 is 20.0 Å². The van der Waals surface area contributed by atoms with Crippen LogP contribution in [0, 0.1) is 5.41 Å². The summed E-state index contributed by atoms with van der Waals surface area (Å²) in [5.74, 6) is -0.662.